The van der Waals surface area contributed by atoms with Gasteiger partial charge in [0, 0.05) is 13.7 Å². The average Bonchev–Trinajstić information content (AvgIpc) is 2.85. The van der Waals surface area contributed by atoms with Crippen molar-refractivity contribution >= 4 is 0 Å². The van der Waals surface area contributed by atoms with E-state index in [1.807, 2.05) is 0 Å². The molecule has 202 valence electrons. The molecular formula is C21H36N2O12. The number of hydrogen-bond donors (Lipinski definition) is 12. The van der Waals surface area contributed by atoms with Gasteiger partial charge in [0.25, 0.3) is 0 Å². The highest BCUT2D eigenvalue weighted by Crippen LogP contribution is 2.26. The van der Waals surface area contributed by atoms with Crippen molar-refractivity contribution in [1.29, 1.82) is 0 Å². The van der Waals surface area contributed by atoms with Crippen LogP contribution in [0.4, 0.5) is 0 Å². The minimum Gasteiger partial charge on any atom is -0.392 e. The van der Waals surface area contributed by atoms with Gasteiger partial charge in [-0.15, -0.1) is 0 Å². The minimum absolute atomic E-state index is 0.0522. The molecule has 3 rings (SSSR count). The molecule has 0 aromatic carbocycles. The number of aliphatic hydroxyl groups excluding tert-OH is 10. The largest absolute Gasteiger partial charge is 0.392 e. The van der Waals surface area contributed by atoms with Crippen molar-refractivity contribution in [2.75, 3.05) is 26.9 Å². The average molecular weight is 509 g/mol. The molecule has 13 atom stereocenters. The molecule has 14 heteroatoms. The highest BCUT2D eigenvalue weighted by molar-refractivity contribution is 5.23. The van der Waals surface area contributed by atoms with Crippen LogP contribution in [0.15, 0.2) is 23.3 Å². The van der Waals surface area contributed by atoms with Gasteiger partial charge in [0.2, 0.25) is 0 Å². The van der Waals surface area contributed by atoms with E-state index in [0.29, 0.717) is 0 Å². The van der Waals surface area contributed by atoms with E-state index in [0.717, 1.165) is 0 Å². The molecule has 12 N–H and O–H groups in total. The van der Waals surface area contributed by atoms with Gasteiger partial charge in [-0.05, 0) is 11.1 Å². The Balaban J connectivity index is 1.75. The lowest BCUT2D eigenvalue weighted by Gasteiger charge is -2.45. The summed E-state index contributed by atoms with van der Waals surface area (Å²) in [6, 6.07) is -3.12. The van der Waals surface area contributed by atoms with Gasteiger partial charge in [0.15, 0.2) is 6.29 Å². The molecule has 0 aromatic rings. The van der Waals surface area contributed by atoms with Crippen LogP contribution in [0.5, 0.6) is 0 Å². The van der Waals surface area contributed by atoms with Crippen molar-refractivity contribution in [2.45, 2.75) is 79.4 Å². The standard InChI is InChI=1S/C21H36N2O12/c1-34-21-18(31)12(23-10-3-8(6-25)14(27)20(33)16(10)29)17(30)11(35-21)4-22-9-2-7(5-24)13(26)19(32)15(9)28/h2-3,9-33H,4-6H2,1H3/t9?,10-,11+,12-,13?,14?,15+,16+,17?,18-,19-,20-,21?/m0/s1. The molecule has 1 heterocycles. The van der Waals surface area contributed by atoms with Crippen LogP contribution in [0, 0.1) is 0 Å². The molecule has 1 saturated heterocycles. The fourth-order valence-electron chi connectivity index (χ4n) is 4.68. The maximum absolute atomic E-state index is 10.9. The second kappa shape index (κ2) is 12.0. The molecular weight excluding hydrogens is 472 g/mol. The molecule has 0 aromatic heterocycles. The molecule has 2 aliphatic carbocycles. The lowest BCUT2D eigenvalue weighted by molar-refractivity contribution is -0.266. The second-order valence-electron chi connectivity index (χ2n) is 9.06. The van der Waals surface area contributed by atoms with Crippen molar-refractivity contribution in [1.82, 2.24) is 10.6 Å². The SMILES string of the molecule is COC1O[C@H](CNC2C=C(CO)C(O)[C@H](O)[C@@H]2O)C(O)[C@H](N[C@H]2C=C(CO)C(O)[C@H](O)[C@@H]2O)[C@@H]1O. The zero-order chi connectivity index (χ0) is 26.0. The molecule has 35 heavy (non-hydrogen) atoms. The molecule has 0 spiro atoms. The van der Waals surface area contributed by atoms with E-state index in [2.05, 4.69) is 10.6 Å². The maximum atomic E-state index is 10.9. The molecule has 14 nitrogen and oxygen atoms in total. The van der Waals surface area contributed by atoms with Gasteiger partial charge in [-0.3, -0.25) is 0 Å². The smallest absolute Gasteiger partial charge is 0.185 e. The third-order valence-electron chi connectivity index (χ3n) is 6.87. The Morgan fingerprint density at radius 1 is 0.743 bits per heavy atom. The summed E-state index contributed by atoms with van der Waals surface area (Å²) >= 11 is 0. The monoisotopic (exact) mass is 508 g/mol. The number of ether oxygens (including phenoxy) is 2. The van der Waals surface area contributed by atoms with Crippen LogP contribution < -0.4 is 10.6 Å². The van der Waals surface area contributed by atoms with Crippen LogP contribution in [0.25, 0.3) is 0 Å². The first-order chi connectivity index (χ1) is 16.5. The fraction of sp³-hybridized carbons (Fsp3) is 0.810. The van der Waals surface area contributed by atoms with Crippen molar-refractivity contribution in [3.63, 3.8) is 0 Å². The first-order valence-electron chi connectivity index (χ1n) is 11.3. The van der Waals surface area contributed by atoms with Crippen molar-refractivity contribution in [2.24, 2.45) is 0 Å². The predicted octanol–water partition coefficient (Wildman–Crippen LogP) is -6.61. The molecule has 3 aliphatic rings. The predicted molar refractivity (Wildman–Crippen MR) is 117 cm³/mol. The summed E-state index contributed by atoms with van der Waals surface area (Å²) in [5.74, 6) is 0. The van der Waals surface area contributed by atoms with Crippen molar-refractivity contribution < 1.29 is 60.5 Å². The Kier molecular flexibility index (Phi) is 9.75. The van der Waals surface area contributed by atoms with Crippen LogP contribution in [-0.4, -0.2) is 157 Å². The maximum Gasteiger partial charge on any atom is 0.185 e. The van der Waals surface area contributed by atoms with Gasteiger partial charge < -0.3 is 71.2 Å². The van der Waals surface area contributed by atoms with Gasteiger partial charge in [0.1, 0.15) is 48.8 Å². The highest BCUT2D eigenvalue weighted by Gasteiger charge is 2.48. The molecule has 0 bridgehead atoms. The number of aliphatic hydroxyl groups is 10. The summed E-state index contributed by atoms with van der Waals surface area (Å²) in [6.45, 7) is -1.25. The van der Waals surface area contributed by atoms with Gasteiger partial charge in [-0.25, -0.2) is 0 Å². The third kappa shape index (κ3) is 5.76. The molecule has 0 saturated carbocycles. The summed E-state index contributed by atoms with van der Waals surface area (Å²) in [4.78, 5) is 0. The number of rotatable bonds is 8. The number of nitrogens with one attached hydrogen (secondary N) is 2. The van der Waals surface area contributed by atoms with E-state index in [1.54, 1.807) is 0 Å². The summed E-state index contributed by atoms with van der Waals surface area (Å²) in [5, 5.41) is 107. The van der Waals surface area contributed by atoms with E-state index in [9.17, 15) is 51.1 Å². The molecule has 1 fully saturated rings. The summed E-state index contributed by atoms with van der Waals surface area (Å²) < 4.78 is 10.8. The van der Waals surface area contributed by atoms with Crippen LogP contribution >= 0.6 is 0 Å². The molecule has 0 amide bonds. The second-order valence-corrected chi connectivity index (χ2v) is 9.06. The minimum atomic E-state index is -1.62. The number of hydrogen-bond acceptors (Lipinski definition) is 14. The van der Waals surface area contributed by atoms with E-state index < -0.39 is 92.6 Å². The van der Waals surface area contributed by atoms with Crippen LogP contribution in [0.3, 0.4) is 0 Å². The normalized spacial score (nSPS) is 46.8. The van der Waals surface area contributed by atoms with Gasteiger partial charge in [-0.2, -0.15) is 0 Å². The molecule has 1 aliphatic heterocycles. The van der Waals surface area contributed by atoms with Crippen LogP contribution in [0.1, 0.15) is 0 Å². The van der Waals surface area contributed by atoms with Gasteiger partial charge >= 0.3 is 0 Å². The van der Waals surface area contributed by atoms with E-state index in [-0.39, 0.29) is 17.7 Å². The first kappa shape index (κ1) is 28.5. The van der Waals surface area contributed by atoms with Crippen molar-refractivity contribution in [3.8, 4) is 0 Å². The summed E-state index contributed by atoms with van der Waals surface area (Å²) in [7, 11) is 1.27. The summed E-state index contributed by atoms with van der Waals surface area (Å²) in [5.41, 5.74) is 0.157. The van der Waals surface area contributed by atoms with E-state index in [1.165, 1.54) is 19.3 Å². The van der Waals surface area contributed by atoms with E-state index in [4.69, 9.17) is 9.47 Å². The molecule has 0 radical (unpaired) electrons. The third-order valence-corrected chi connectivity index (χ3v) is 6.87. The lowest BCUT2D eigenvalue weighted by atomic mass is 9.86. The zero-order valence-electron chi connectivity index (χ0n) is 19.1. The topological polar surface area (TPSA) is 245 Å². The fourth-order valence-corrected chi connectivity index (χ4v) is 4.68. The summed E-state index contributed by atoms with van der Waals surface area (Å²) in [6.07, 6.45) is -11.5. The van der Waals surface area contributed by atoms with Gasteiger partial charge in [0.05, 0.1) is 37.4 Å². The van der Waals surface area contributed by atoms with Crippen molar-refractivity contribution in [3.05, 3.63) is 23.3 Å². The zero-order valence-corrected chi connectivity index (χ0v) is 19.1. The van der Waals surface area contributed by atoms with Gasteiger partial charge in [-0.1, -0.05) is 12.2 Å². The van der Waals surface area contributed by atoms with Crippen LogP contribution in [0.2, 0.25) is 0 Å². The Bertz CT molecular complexity index is 769. The Hall–Kier alpha value is -1.08. The lowest BCUT2D eigenvalue weighted by Crippen LogP contribution is -2.68. The van der Waals surface area contributed by atoms with Crippen LogP contribution in [-0.2, 0) is 9.47 Å². The Morgan fingerprint density at radius 3 is 1.77 bits per heavy atom. The highest BCUT2D eigenvalue weighted by atomic mass is 16.7. The first-order valence-corrected chi connectivity index (χ1v) is 11.3. The Labute approximate surface area is 201 Å². The Morgan fingerprint density at radius 2 is 1.26 bits per heavy atom. The number of methoxy groups -OCH3 is 1. The van der Waals surface area contributed by atoms with E-state index >= 15 is 0 Å². The quantitative estimate of drug-likeness (QED) is 0.136. The molecule has 5 unspecified atom stereocenters.